The SMILES string of the molecule is Cc1cc(N)cc(C)c1Oc1ccc2[nH]nc(CC(C)C)c2c1. The maximum absolute atomic E-state index is 6.14. The van der Waals surface area contributed by atoms with Crippen molar-refractivity contribution in [2.24, 2.45) is 5.92 Å². The van der Waals surface area contributed by atoms with Gasteiger partial charge in [-0.3, -0.25) is 5.10 Å². The van der Waals surface area contributed by atoms with Crippen LogP contribution in [0.4, 0.5) is 5.69 Å². The summed E-state index contributed by atoms with van der Waals surface area (Å²) in [6, 6.07) is 9.91. The molecule has 0 amide bonds. The highest BCUT2D eigenvalue weighted by atomic mass is 16.5. The Morgan fingerprint density at radius 1 is 1.13 bits per heavy atom. The molecule has 4 nitrogen and oxygen atoms in total. The van der Waals surface area contributed by atoms with Crippen molar-refractivity contribution in [3.05, 3.63) is 47.2 Å². The Morgan fingerprint density at radius 2 is 1.83 bits per heavy atom. The van der Waals surface area contributed by atoms with Crippen LogP contribution in [-0.4, -0.2) is 10.2 Å². The second-order valence-electron chi connectivity index (χ2n) is 6.56. The van der Waals surface area contributed by atoms with Crippen LogP contribution >= 0.6 is 0 Å². The van der Waals surface area contributed by atoms with Crippen molar-refractivity contribution < 1.29 is 4.74 Å². The Morgan fingerprint density at radius 3 is 2.48 bits per heavy atom. The van der Waals surface area contributed by atoms with Crippen LogP contribution in [0.15, 0.2) is 30.3 Å². The van der Waals surface area contributed by atoms with E-state index in [0.29, 0.717) is 5.92 Å². The summed E-state index contributed by atoms with van der Waals surface area (Å²) in [5, 5.41) is 8.65. The average molecular weight is 309 g/mol. The largest absolute Gasteiger partial charge is 0.457 e. The van der Waals surface area contributed by atoms with Crippen LogP contribution in [0.3, 0.4) is 0 Å². The molecule has 1 aromatic heterocycles. The van der Waals surface area contributed by atoms with Gasteiger partial charge in [0.15, 0.2) is 0 Å². The van der Waals surface area contributed by atoms with E-state index in [1.165, 1.54) is 0 Å². The van der Waals surface area contributed by atoms with Gasteiger partial charge in [-0.25, -0.2) is 0 Å². The van der Waals surface area contributed by atoms with Gasteiger partial charge in [-0.15, -0.1) is 0 Å². The summed E-state index contributed by atoms with van der Waals surface area (Å²) in [4.78, 5) is 0. The summed E-state index contributed by atoms with van der Waals surface area (Å²) >= 11 is 0. The summed E-state index contributed by atoms with van der Waals surface area (Å²) in [5.74, 6) is 2.25. The molecule has 0 atom stereocenters. The van der Waals surface area contributed by atoms with E-state index in [1.54, 1.807) is 0 Å². The molecular weight excluding hydrogens is 286 g/mol. The molecule has 0 spiro atoms. The van der Waals surface area contributed by atoms with Gasteiger partial charge in [0.2, 0.25) is 0 Å². The van der Waals surface area contributed by atoms with Crippen LogP contribution in [0.2, 0.25) is 0 Å². The predicted molar refractivity (Wildman–Crippen MR) is 95.0 cm³/mol. The fraction of sp³-hybridized carbons (Fsp3) is 0.316. The first kappa shape index (κ1) is 15.4. The standard InChI is InChI=1S/C19H23N3O/c1-11(2)7-18-16-10-15(5-6-17(16)21-22-18)23-19-12(3)8-14(20)9-13(19)4/h5-6,8-11H,7,20H2,1-4H3,(H,21,22). The van der Waals surface area contributed by atoms with Gasteiger partial charge in [-0.2, -0.15) is 5.10 Å². The molecule has 0 aliphatic heterocycles. The Bertz CT molecular complexity index is 826. The molecule has 0 radical (unpaired) electrons. The van der Waals surface area contributed by atoms with Crippen LogP contribution in [-0.2, 0) is 6.42 Å². The van der Waals surface area contributed by atoms with Crippen molar-refractivity contribution in [1.29, 1.82) is 0 Å². The van der Waals surface area contributed by atoms with Crippen molar-refractivity contribution in [3.63, 3.8) is 0 Å². The molecule has 0 saturated carbocycles. The smallest absolute Gasteiger partial charge is 0.133 e. The Balaban J connectivity index is 1.98. The second kappa shape index (κ2) is 5.95. The number of nitrogens with zero attached hydrogens (tertiary/aromatic N) is 1. The summed E-state index contributed by atoms with van der Waals surface area (Å²) in [5.41, 5.74) is 10.8. The third-order valence-electron chi connectivity index (χ3n) is 3.92. The van der Waals surface area contributed by atoms with E-state index >= 15 is 0 Å². The molecule has 3 aromatic rings. The molecule has 1 heterocycles. The minimum atomic E-state index is 0.563. The van der Waals surface area contributed by atoms with E-state index < -0.39 is 0 Å². The monoisotopic (exact) mass is 309 g/mol. The molecule has 120 valence electrons. The number of hydrogen-bond acceptors (Lipinski definition) is 3. The molecule has 3 N–H and O–H groups in total. The third-order valence-corrected chi connectivity index (χ3v) is 3.92. The number of aryl methyl sites for hydroxylation is 2. The van der Waals surface area contributed by atoms with Crippen molar-refractivity contribution in [2.75, 3.05) is 5.73 Å². The van der Waals surface area contributed by atoms with E-state index in [2.05, 4.69) is 30.1 Å². The molecule has 0 aliphatic carbocycles. The molecule has 0 unspecified atom stereocenters. The summed E-state index contributed by atoms with van der Waals surface area (Å²) < 4.78 is 6.14. The van der Waals surface area contributed by atoms with E-state index in [1.807, 2.05) is 38.1 Å². The Kier molecular flexibility index (Phi) is 3.99. The predicted octanol–water partition coefficient (Wildman–Crippen LogP) is 4.75. The summed E-state index contributed by atoms with van der Waals surface area (Å²) in [6.45, 7) is 8.42. The quantitative estimate of drug-likeness (QED) is 0.683. The number of rotatable bonds is 4. The molecule has 0 bridgehead atoms. The molecule has 4 heteroatoms. The van der Waals surface area contributed by atoms with Crippen molar-refractivity contribution >= 4 is 16.6 Å². The Labute approximate surface area is 136 Å². The normalized spacial score (nSPS) is 11.3. The maximum Gasteiger partial charge on any atom is 0.133 e. The fourth-order valence-electron chi connectivity index (χ4n) is 2.92. The van der Waals surface area contributed by atoms with Crippen LogP contribution in [0.5, 0.6) is 11.5 Å². The molecule has 0 fully saturated rings. The van der Waals surface area contributed by atoms with Crippen LogP contribution < -0.4 is 10.5 Å². The zero-order valence-electron chi connectivity index (χ0n) is 14.1. The first-order valence-corrected chi connectivity index (χ1v) is 7.95. The first-order chi connectivity index (χ1) is 10.9. The lowest BCUT2D eigenvalue weighted by molar-refractivity contribution is 0.476. The fourth-order valence-corrected chi connectivity index (χ4v) is 2.92. The lowest BCUT2D eigenvalue weighted by Crippen LogP contribution is -1.96. The van der Waals surface area contributed by atoms with Gasteiger partial charge in [0.05, 0.1) is 11.2 Å². The number of nitrogens with one attached hydrogen (secondary N) is 1. The molecule has 2 aromatic carbocycles. The third kappa shape index (κ3) is 3.16. The van der Waals surface area contributed by atoms with E-state index in [0.717, 1.165) is 51.3 Å². The number of aromatic amines is 1. The van der Waals surface area contributed by atoms with Gasteiger partial charge < -0.3 is 10.5 Å². The number of ether oxygens (including phenoxy) is 1. The topological polar surface area (TPSA) is 63.9 Å². The first-order valence-electron chi connectivity index (χ1n) is 7.95. The van der Waals surface area contributed by atoms with E-state index in [9.17, 15) is 0 Å². The zero-order chi connectivity index (χ0) is 16.6. The highest BCUT2D eigenvalue weighted by Gasteiger charge is 2.11. The van der Waals surface area contributed by atoms with Gasteiger partial charge in [0, 0.05) is 11.1 Å². The zero-order valence-corrected chi connectivity index (χ0v) is 14.1. The number of hydrogen-bond donors (Lipinski definition) is 2. The number of nitrogen functional groups attached to an aromatic ring is 1. The van der Waals surface area contributed by atoms with Crippen LogP contribution in [0.1, 0.15) is 30.7 Å². The maximum atomic E-state index is 6.14. The van der Waals surface area contributed by atoms with Gasteiger partial charge in [0.1, 0.15) is 11.5 Å². The molecule has 0 saturated heterocycles. The second-order valence-corrected chi connectivity index (χ2v) is 6.56. The lowest BCUT2D eigenvalue weighted by atomic mass is 10.0. The number of nitrogens with two attached hydrogens (primary N) is 1. The van der Waals surface area contributed by atoms with Gasteiger partial charge in [-0.1, -0.05) is 13.8 Å². The average Bonchev–Trinajstić information content (AvgIpc) is 2.85. The molecule has 0 aliphatic rings. The van der Waals surface area contributed by atoms with Crippen LogP contribution in [0, 0.1) is 19.8 Å². The molecular formula is C19H23N3O. The minimum Gasteiger partial charge on any atom is -0.457 e. The van der Waals surface area contributed by atoms with Crippen molar-refractivity contribution in [3.8, 4) is 11.5 Å². The molecule has 3 rings (SSSR count). The Hall–Kier alpha value is -2.49. The van der Waals surface area contributed by atoms with E-state index in [4.69, 9.17) is 10.5 Å². The highest BCUT2D eigenvalue weighted by molar-refractivity contribution is 5.83. The van der Waals surface area contributed by atoms with Gasteiger partial charge in [-0.05, 0) is 67.6 Å². The van der Waals surface area contributed by atoms with E-state index in [-0.39, 0.29) is 0 Å². The molecule has 23 heavy (non-hydrogen) atoms. The van der Waals surface area contributed by atoms with Gasteiger partial charge in [0.25, 0.3) is 0 Å². The lowest BCUT2D eigenvalue weighted by Gasteiger charge is -2.13. The van der Waals surface area contributed by atoms with Gasteiger partial charge >= 0.3 is 0 Å². The minimum absolute atomic E-state index is 0.563. The summed E-state index contributed by atoms with van der Waals surface area (Å²) in [6.07, 6.45) is 0.948. The summed E-state index contributed by atoms with van der Waals surface area (Å²) in [7, 11) is 0. The van der Waals surface area contributed by atoms with Crippen molar-refractivity contribution in [1.82, 2.24) is 10.2 Å². The number of aromatic nitrogens is 2. The van der Waals surface area contributed by atoms with Crippen LogP contribution in [0.25, 0.3) is 10.9 Å². The number of benzene rings is 2. The number of H-pyrrole nitrogens is 1. The van der Waals surface area contributed by atoms with Crippen molar-refractivity contribution in [2.45, 2.75) is 34.1 Å². The number of fused-ring (bicyclic) bond motifs is 1. The highest BCUT2D eigenvalue weighted by Crippen LogP contribution is 2.32. The number of anilines is 1.